The topological polar surface area (TPSA) is 56.8 Å². The van der Waals surface area contributed by atoms with Crippen LogP contribution in [0.15, 0.2) is 18.2 Å². The number of hydrogen-bond donors (Lipinski definition) is 1. The van der Waals surface area contributed by atoms with Crippen LogP contribution >= 0.6 is 0 Å². The molecule has 0 aliphatic carbocycles. The lowest BCUT2D eigenvalue weighted by molar-refractivity contribution is -0.0978. The van der Waals surface area contributed by atoms with Gasteiger partial charge in [0, 0.05) is 23.9 Å². The van der Waals surface area contributed by atoms with Gasteiger partial charge >= 0.3 is 0 Å². The van der Waals surface area contributed by atoms with Gasteiger partial charge in [0.15, 0.2) is 11.5 Å². The van der Waals surface area contributed by atoms with E-state index in [0.29, 0.717) is 50.0 Å². The summed E-state index contributed by atoms with van der Waals surface area (Å²) in [6, 6.07) is 5.31. The van der Waals surface area contributed by atoms with Crippen molar-refractivity contribution in [2.45, 2.75) is 13.3 Å². The molecule has 2 aliphatic heterocycles. The Morgan fingerprint density at radius 3 is 2.70 bits per heavy atom. The SMILES string of the molecule is CC1(CNC(=O)c2ccc3c(c2)OCCCO3)COC1. The first-order valence-electron chi connectivity index (χ1n) is 6.92. The third-order valence-electron chi connectivity index (χ3n) is 3.59. The van der Waals surface area contributed by atoms with Crippen molar-refractivity contribution in [1.29, 1.82) is 0 Å². The standard InChI is InChI=1S/C15H19NO4/c1-15(9-18-10-15)8-16-14(17)11-3-4-12-13(7-11)20-6-2-5-19-12/h3-4,7H,2,5-6,8-10H2,1H3,(H,16,17). The van der Waals surface area contributed by atoms with Gasteiger partial charge in [-0.2, -0.15) is 0 Å². The molecule has 0 radical (unpaired) electrons. The molecule has 5 nitrogen and oxygen atoms in total. The molecule has 3 rings (SSSR count). The molecule has 20 heavy (non-hydrogen) atoms. The molecule has 1 N–H and O–H groups in total. The minimum atomic E-state index is -0.0891. The summed E-state index contributed by atoms with van der Waals surface area (Å²) >= 11 is 0. The maximum Gasteiger partial charge on any atom is 0.251 e. The largest absolute Gasteiger partial charge is 0.490 e. The van der Waals surface area contributed by atoms with Gasteiger partial charge in [-0.05, 0) is 18.2 Å². The summed E-state index contributed by atoms with van der Waals surface area (Å²) in [6.07, 6.45) is 0.856. The minimum absolute atomic E-state index is 0.0704. The van der Waals surface area contributed by atoms with Crippen molar-refractivity contribution >= 4 is 5.91 Å². The van der Waals surface area contributed by atoms with E-state index in [1.165, 1.54) is 0 Å². The molecule has 0 atom stereocenters. The van der Waals surface area contributed by atoms with E-state index in [1.807, 2.05) is 0 Å². The first-order chi connectivity index (χ1) is 9.66. The molecule has 2 heterocycles. The van der Waals surface area contributed by atoms with Crippen molar-refractivity contribution in [1.82, 2.24) is 5.32 Å². The molecule has 5 heteroatoms. The van der Waals surface area contributed by atoms with Crippen LogP contribution in [-0.4, -0.2) is 38.9 Å². The summed E-state index contributed by atoms with van der Waals surface area (Å²) in [4.78, 5) is 12.2. The average molecular weight is 277 g/mol. The highest BCUT2D eigenvalue weighted by molar-refractivity contribution is 5.94. The number of hydrogen-bond acceptors (Lipinski definition) is 4. The lowest BCUT2D eigenvalue weighted by Gasteiger charge is -2.38. The zero-order chi connectivity index (χ0) is 14.0. The van der Waals surface area contributed by atoms with Crippen LogP contribution in [0.1, 0.15) is 23.7 Å². The van der Waals surface area contributed by atoms with Gasteiger partial charge in [0.1, 0.15) is 0 Å². The van der Waals surface area contributed by atoms with Crippen molar-refractivity contribution in [3.63, 3.8) is 0 Å². The van der Waals surface area contributed by atoms with E-state index in [0.717, 1.165) is 6.42 Å². The molecule has 2 aliphatic rings. The number of carbonyl (C=O) groups is 1. The van der Waals surface area contributed by atoms with E-state index >= 15 is 0 Å². The van der Waals surface area contributed by atoms with Crippen LogP contribution in [0.3, 0.4) is 0 Å². The quantitative estimate of drug-likeness (QED) is 0.912. The summed E-state index contributed by atoms with van der Waals surface area (Å²) < 4.78 is 16.3. The van der Waals surface area contributed by atoms with Crippen molar-refractivity contribution in [3.8, 4) is 11.5 Å². The number of amides is 1. The van der Waals surface area contributed by atoms with Gasteiger partial charge in [-0.1, -0.05) is 6.92 Å². The Hall–Kier alpha value is -1.75. The van der Waals surface area contributed by atoms with Gasteiger partial charge in [0.25, 0.3) is 5.91 Å². The Balaban J connectivity index is 1.67. The van der Waals surface area contributed by atoms with Crippen LogP contribution in [0.25, 0.3) is 0 Å². The molecule has 1 amide bonds. The first-order valence-corrected chi connectivity index (χ1v) is 6.92. The van der Waals surface area contributed by atoms with Crippen molar-refractivity contribution in [3.05, 3.63) is 23.8 Å². The van der Waals surface area contributed by atoms with E-state index in [4.69, 9.17) is 14.2 Å². The number of benzene rings is 1. The second-order valence-corrected chi connectivity index (χ2v) is 5.70. The van der Waals surface area contributed by atoms with Crippen LogP contribution < -0.4 is 14.8 Å². The van der Waals surface area contributed by atoms with Gasteiger partial charge in [-0.15, -0.1) is 0 Å². The van der Waals surface area contributed by atoms with Crippen LogP contribution in [-0.2, 0) is 4.74 Å². The fourth-order valence-electron chi connectivity index (χ4n) is 2.25. The zero-order valence-electron chi connectivity index (χ0n) is 11.6. The molecular weight excluding hydrogens is 258 g/mol. The maximum absolute atomic E-state index is 12.2. The smallest absolute Gasteiger partial charge is 0.251 e. The Morgan fingerprint density at radius 1 is 1.25 bits per heavy atom. The number of carbonyl (C=O) groups excluding carboxylic acids is 1. The minimum Gasteiger partial charge on any atom is -0.490 e. The van der Waals surface area contributed by atoms with Crippen LogP contribution in [0.2, 0.25) is 0 Å². The molecule has 0 bridgehead atoms. The predicted octanol–water partition coefficient (Wildman–Crippen LogP) is 1.61. The van der Waals surface area contributed by atoms with E-state index in [9.17, 15) is 4.79 Å². The summed E-state index contributed by atoms with van der Waals surface area (Å²) in [6.45, 7) is 5.40. The Kier molecular flexibility index (Phi) is 3.53. The van der Waals surface area contributed by atoms with Gasteiger partial charge in [-0.25, -0.2) is 0 Å². The van der Waals surface area contributed by atoms with Crippen molar-refractivity contribution < 1.29 is 19.0 Å². The predicted molar refractivity (Wildman–Crippen MR) is 73.3 cm³/mol. The molecule has 1 saturated heterocycles. The molecule has 1 aromatic rings. The molecule has 1 fully saturated rings. The number of fused-ring (bicyclic) bond motifs is 1. The lowest BCUT2D eigenvalue weighted by atomic mass is 9.88. The van der Waals surface area contributed by atoms with E-state index in [-0.39, 0.29) is 11.3 Å². The first kappa shape index (κ1) is 13.2. The molecule has 1 aromatic carbocycles. The van der Waals surface area contributed by atoms with Gasteiger partial charge in [0.2, 0.25) is 0 Å². The monoisotopic (exact) mass is 277 g/mol. The maximum atomic E-state index is 12.2. The highest BCUT2D eigenvalue weighted by Crippen LogP contribution is 2.30. The fraction of sp³-hybridized carbons (Fsp3) is 0.533. The van der Waals surface area contributed by atoms with Crippen molar-refractivity contribution in [2.24, 2.45) is 5.41 Å². The zero-order valence-corrected chi connectivity index (χ0v) is 11.6. The fourth-order valence-corrected chi connectivity index (χ4v) is 2.25. The third kappa shape index (κ3) is 2.72. The Morgan fingerprint density at radius 2 is 2.00 bits per heavy atom. The summed E-state index contributed by atoms with van der Waals surface area (Å²) in [5, 5.41) is 2.95. The molecular formula is C15H19NO4. The van der Waals surface area contributed by atoms with E-state index < -0.39 is 0 Å². The van der Waals surface area contributed by atoms with Crippen LogP contribution in [0, 0.1) is 5.41 Å². The second-order valence-electron chi connectivity index (χ2n) is 5.70. The highest BCUT2D eigenvalue weighted by atomic mass is 16.5. The van der Waals surface area contributed by atoms with Gasteiger partial charge in [-0.3, -0.25) is 4.79 Å². The second kappa shape index (κ2) is 5.32. The van der Waals surface area contributed by atoms with Crippen LogP contribution in [0.4, 0.5) is 0 Å². The third-order valence-corrected chi connectivity index (χ3v) is 3.59. The molecule has 0 aromatic heterocycles. The normalized spacial score (nSPS) is 19.6. The van der Waals surface area contributed by atoms with Crippen LogP contribution in [0.5, 0.6) is 11.5 Å². The van der Waals surface area contributed by atoms with E-state index in [1.54, 1.807) is 18.2 Å². The Labute approximate surface area is 118 Å². The molecule has 0 spiro atoms. The average Bonchev–Trinajstić information content (AvgIpc) is 2.67. The van der Waals surface area contributed by atoms with Gasteiger partial charge < -0.3 is 19.5 Å². The van der Waals surface area contributed by atoms with Crippen molar-refractivity contribution in [2.75, 3.05) is 33.0 Å². The lowest BCUT2D eigenvalue weighted by Crippen LogP contribution is -2.48. The molecule has 0 saturated carbocycles. The number of ether oxygens (including phenoxy) is 3. The highest BCUT2D eigenvalue weighted by Gasteiger charge is 2.33. The number of nitrogens with one attached hydrogen (secondary N) is 1. The summed E-state index contributed by atoms with van der Waals surface area (Å²) in [5.41, 5.74) is 0.666. The number of rotatable bonds is 3. The van der Waals surface area contributed by atoms with Gasteiger partial charge in [0.05, 0.1) is 26.4 Å². The summed E-state index contributed by atoms with van der Waals surface area (Å²) in [5.74, 6) is 1.26. The Bertz CT molecular complexity index is 511. The summed E-state index contributed by atoms with van der Waals surface area (Å²) in [7, 11) is 0. The molecule has 108 valence electrons. The molecule has 0 unspecified atom stereocenters. The van der Waals surface area contributed by atoms with E-state index in [2.05, 4.69) is 12.2 Å².